The van der Waals surface area contributed by atoms with E-state index in [1.165, 1.54) is 12.1 Å². The number of aromatic carboxylic acids is 1. The van der Waals surface area contributed by atoms with E-state index in [9.17, 15) is 13.2 Å². The molecule has 1 aliphatic rings. The molecule has 2 rings (SSSR count). The summed E-state index contributed by atoms with van der Waals surface area (Å²) < 4.78 is 31.9. The molecule has 1 aliphatic heterocycles. The van der Waals surface area contributed by atoms with Crippen molar-refractivity contribution in [2.24, 2.45) is 5.92 Å². The monoisotopic (exact) mass is 333 g/mol. The Hall–Kier alpha value is -1.15. The van der Waals surface area contributed by atoms with Gasteiger partial charge in [0, 0.05) is 19.8 Å². The van der Waals surface area contributed by atoms with Crippen molar-refractivity contribution in [2.75, 3.05) is 19.8 Å². The molecule has 0 radical (unpaired) electrons. The van der Waals surface area contributed by atoms with Gasteiger partial charge in [0.2, 0.25) is 10.0 Å². The number of carboxylic acids is 1. The molecule has 0 bridgehead atoms. The largest absolute Gasteiger partial charge is 0.478 e. The minimum Gasteiger partial charge on any atom is -0.478 e. The molecule has 1 fully saturated rings. The van der Waals surface area contributed by atoms with Gasteiger partial charge < -0.3 is 9.84 Å². The molecule has 2 N–H and O–H groups in total. The second-order valence-electron chi connectivity index (χ2n) is 4.86. The molecule has 0 aliphatic carbocycles. The van der Waals surface area contributed by atoms with Crippen LogP contribution < -0.4 is 4.72 Å². The van der Waals surface area contributed by atoms with E-state index in [1.54, 1.807) is 0 Å². The van der Waals surface area contributed by atoms with E-state index < -0.39 is 16.0 Å². The molecule has 6 nitrogen and oxygen atoms in total. The van der Waals surface area contributed by atoms with Gasteiger partial charge in [-0.15, -0.1) is 0 Å². The third kappa shape index (κ3) is 4.16. The topological polar surface area (TPSA) is 92.7 Å². The van der Waals surface area contributed by atoms with Crippen LogP contribution in [0.1, 0.15) is 23.2 Å². The molecule has 116 valence electrons. The van der Waals surface area contributed by atoms with Crippen LogP contribution in [0.25, 0.3) is 0 Å². The van der Waals surface area contributed by atoms with Gasteiger partial charge in [-0.25, -0.2) is 17.9 Å². The third-order valence-corrected chi connectivity index (χ3v) is 5.12. The quantitative estimate of drug-likeness (QED) is 0.827. The van der Waals surface area contributed by atoms with Gasteiger partial charge in [0.05, 0.1) is 15.5 Å². The summed E-state index contributed by atoms with van der Waals surface area (Å²) >= 11 is 5.78. The molecular formula is C13H16ClNO5S. The van der Waals surface area contributed by atoms with Crippen molar-refractivity contribution in [2.45, 2.75) is 17.7 Å². The normalized spacial score (nSPS) is 18.8. The summed E-state index contributed by atoms with van der Waals surface area (Å²) in [6, 6.07) is 3.56. The number of ether oxygens (including phenoxy) is 1. The summed E-state index contributed by atoms with van der Waals surface area (Å²) in [6.45, 7) is 1.71. The molecule has 1 unspecified atom stereocenters. The minimum absolute atomic E-state index is 0.0415. The summed E-state index contributed by atoms with van der Waals surface area (Å²) in [6.07, 6.45) is 1.65. The first-order chi connectivity index (χ1) is 9.90. The van der Waals surface area contributed by atoms with Crippen molar-refractivity contribution in [3.05, 3.63) is 28.8 Å². The molecule has 1 heterocycles. The number of halogens is 1. The van der Waals surface area contributed by atoms with Crippen LogP contribution in [-0.2, 0) is 14.8 Å². The van der Waals surface area contributed by atoms with Crippen LogP contribution in [0.3, 0.4) is 0 Å². The summed E-state index contributed by atoms with van der Waals surface area (Å²) in [5, 5.41) is 8.76. The van der Waals surface area contributed by atoms with Crippen molar-refractivity contribution < 1.29 is 23.1 Å². The average Bonchev–Trinajstić information content (AvgIpc) is 2.91. The maximum Gasteiger partial charge on any atom is 0.337 e. The Kier molecular flexibility index (Phi) is 5.21. The SMILES string of the molecule is O=C(O)c1ccc(S(=O)(=O)NCCC2CCOC2)cc1Cl. The first-order valence-electron chi connectivity index (χ1n) is 6.50. The molecule has 1 atom stereocenters. The second kappa shape index (κ2) is 6.74. The van der Waals surface area contributed by atoms with Crippen LogP contribution in [0.5, 0.6) is 0 Å². The lowest BCUT2D eigenvalue weighted by molar-refractivity contribution is 0.0697. The van der Waals surface area contributed by atoms with E-state index in [4.69, 9.17) is 21.4 Å². The van der Waals surface area contributed by atoms with Gasteiger partial charge in [-0.3, -0.25) is 0 Å². The zero-order chi connectivity index (χ0) is 15.5. The van der Waals surface area contributed by atoms with Crippen molar-refractivity contribution >= 4 is 27.6 Å². The van der Waals surface area contributed by atoms with Gasteiger partial charge in [0.1, 0.15) is 0 Å². The predicted octanol–water partition coefficient (Wildman–Crippen LogP) is 1.74. The first-order valence-corrected chi connectivity index (χ1v) is 8.36. The Morgan fingerprint density at radius 2 is 2.24 bits per heavy atom. The van der Waals surface area contributed by atoms with E-state index in [0.29, 0.717) is 25.5 Å². The fraction of sp³-hybridized carbons (Fsp3) is 0.462. The standard InChI is InChI=1S/C13H16ClNO5S/c14-12-7-10(1-2-11(12)13(16)17)21(18,19)15-5-3-9-4-6-20-8-9/h1-2,7,9,15H,3-6,8H2,(H,16,17). The lowest BCUT2D eigenvalue weighted by Gasteiger charge is -2.10. The van der Waals surface area contributed by atoms with Crippen LogP contribution in [0.15, 0.2) is 23.1 Å². The van der Waals surface area contributed by atoms with E-state index in [-0.39, 0.29) is 15.5 Å². The summed E-state index contributed by atoms with van der Waals surface area (Å²) in [7, 11) is -3.69. The molecule has 1 aromatic carbocycles. The Balaban J connectivity index is 2.01. The molecule has 1 saturated heterocycles. The Morgan fingerprint density at radius 3 is 2.81 bits per heavy atom. The summed E-state index contributed by atoms with van der Waals surface area (Å²) in [5.74, 6) is -0.816. The van der Waals surface area contributed by atoms with Crippen LogP contribution in [0.2, 0.25) is 5.02 Å². The molecular weight excluding hydrogens is 318 g/mol. The van der Waals surface area contributed by atoms with Crippen molar-refractivity contribution in [3.63, 3.8) is 0 Å². The van der Waals surface area contributed by atoms with Crippen molar-refractivity contribution in [1.29, 1.82) is 0 Å². The van der Waals surface area contributed by atoms with Crippen molar-refractivity contribution in [1.82, 2.24) is 4.72 Å². The lowest BCUT2D eigenvalue weighted by atomic mass is 10.1. The fourth-order valence-electron chi connectivity index (χ4n) is 2.13. The molecule has 0 saturated carbocycles. The van der Waals surface area contributed by atoms with Gasteiger partial charge in [0.15, 0.2) is 0 Å². The van der Waals surface area contributed by atoms with Gasteiger partial charge in [-0.1, -0.05) is 11.6 Å². The number of carboxylic acid groups (broad SMARTS) is 1. The summed E-state index contributed by atoms with van der Waals surface area (Å²) in [5.41, 5.74) is -0.126. The molecule has 1 aromatic rings. The molecule has 8 heteroatoms. The van der Waals surface area contributed by atoms with Crippen LogP contribution in [0, 0.1) is 5.92 Å². The third-order valence-electron chi connectivity index (χ3n) is 3.35. The molecule has 0 amide bonds. The Labute approximate surface area is 128 Å². The number of hydrogen-bond donors (Lipinski definition) is 2. The van der Waals surface area contributed by atoms with E-state index in [0.717, 1.165) is 19.1 Å². The van der Waals surface area contributed by atoms with Crippen LogP contribution >= 0.6 is 11.6 Å². The highest BCUT2D eigenvalue weighted by Crippen LogP contribution is 2.21. The van der Waals surface area contributed by atoms with E-state index >= 15 is 0 Å². The smallest absolute Gasteiger partial charge is 0.337 e. The summed E-state index contributed by atoms with van der Waals surface area (Å²) in [4.78, 5) is 10.8. The van der Waals surface area contributed by atoms with E-state index in [2.05, 4.69) is 4.72 Å². The number of carbonyl (C=O) groups is 1. The number of nitrogens with one attached hydrogen (secondary N) is 1. The minimum atomic E-state index is -3.69. The zero-order valence-corrected chi connectivity index (χ0v) is 12.8. The maximum absolute atomic E-state index is 12.1. The average molecular weight is 334 g/mol. The van der Waals surface area contributed by atoms with Crippen LogP contribution in [0.4, 0.5) is 0 Å². The first kappa shape index (κ1) is 16.2. The Morgan fingerprint density at radius 1 is 1.48 bits per heavy atom. The van der Waals surface area contributed by atoms with Crippen molar-refractivity contribution in [3.8, 4) is 0 Å². The highest BCUT2D eigenvalue weighted by atomic mass is 35.5. The number of benzene rings is 1. The highest BCUT2D eigenvalue weighted by molar-refractivity contribution is 7.89. The zero-order valence-electron chi connectivity index (χ0n) is 11.2. The second-order valence-corrected chi connectivity index (χ2v) is 7.04. The predicted molar refractivity (Wildman–Crippen MR) is 77.1 cm³/mol. The Bertz CT molecular complexity index is 625. The van der Waals surface area contributed by atoms with Gasteiger partial charge in [0.25, 0.3) is 0 Å². The number of hydrogen-bond acceptors (Lipinski definition) is 4. The molecule has 0 aromatic heterocycles. The van der Waals surface area contributed by atoms with Gasteiger partial charge >= 0.3 is 5.97 Å². The highest BCUT2D eigenvalue weighted by Gasteiger charge is 2.19. The fourth-order valence-corrected chi connectivity index (χ4v) is 3.53. The van der Waals surface area contributed by atoms with Gasteiger partial charge in [-0.05, 0) is 37.0 Å². The number of rotatable bonds is 6. The maximum atomic E-state index is 12.1. The molecule has 21 heavy (non-hydrogen) atoms. The van der Waals surface area contributed by atoms with E-state index in [1.807, 2.05) is 0 Å². The number of sulfonamides is 1. The lowest BCUT2D eigenvalue weighted by Crippen LogP contribution is -2.26. The van der Waals surface area contributed by atoms with Gasteiger partial charge in [-0.2, -0.15) is 0 Å². The van der Waals surface area contributed by atoms with Crippen LogP contribution in [-0.4, -0.2) is 39.3 Å². The molecule has 0 spiro atoms.